The molecule has 0 aliphatic carbocycles. The largest absolute Gasteiger partial charge is 0.367 e. The number of hydrogen-bond acceptors (Lipinski definition) is 4. The van der Waals surface area contributed by atoms with Crippen molar-refractivity contribution < 1.29 is 4.52 Å². The van der Waals surface area contributed by atoms with E-state index in [1.807, 2.05) is 6.92 Å². The van der Waals surface area contributed by atoms with Gasteiger partial charge in [0.15, 0.2) is 0 Å². The maximum atomic E-state index is 10.8. The Hall–Kier alpha value is -2.04. The predicted molar refractivity (Wildman–Crippen MR) is 51.7 cm³/mol. The van der Waals surface area contributed by atoms with Crippen molar-refractivity contribution in [3.63, 3.8) is 0 Å². The minimum Gasteiger partial charge on any atom is -0.367 e. The zero-order chi connectivity index (χ0) is 10.1. The SMILES string of the molecule is Cc1c(-c2ccc(=O)[nH]c2)noc1N. The number of nitrogen functional groups attached to an aromatic ring is 1. The molecule has 0 fully saturated rings. The van der Waals surface area contributed by atoms with Crippen LogP contribution in [0.2, 0.25) is 0 Å². The first-order valence-corrected chi connectivity index (χ1v) is 4.09. The van der Waals surface area contributed by atoms with Gasteiger partial charge >= 0.3 is 0 Å². The van der Waals surface area contributed by atoms with Gasteiger partial charge in [0.2, 0.25) is 11.4 Å². The van der Waals surface area contributed by atoms with Gasteiger partial charge in [-0.05, 0) is 13.0 Å². The van der Waals surface area contributed by atoms with Crippen LogP contribution in [-0.2, 0) is 0 Å². The van der Waals surface area contributed by atoms with Crippen LogP contribution in [0.3, 0.4) is 0 Å². The smallest absolute Gasteiger partial charge is 0.247 e. The van der Waals surface area contributed by atoms with Crippen molar-refractivity contribution in [3.8, 4) is 11.3 Å². The molecule has 0 aromatic carbocycles. The first-order chi connectivity index (χ1) is 6.68. The van der Waals surface area contributed by atoms with Crippen molar-refractivity contribution in [1.82, 2.24) is 10.1 Å². The normalized spacial score (nSPS) is 10.4. The maximum absolute atomic E-state index is 10.8. The van der Waals surface area contributed by atoms with E-state index < -0.39 is 0 Å². The number of pyridine rings is 1. The highest BCUT2D eigenvalue weighted by atomic mass is 16.5. The summed E-state index contributed by atoms with van der Waals surface area (Å²) in [5.41, 5.74) is 7.56. The Morgan fingerprint density at radius 3 is 2.79 bits per heavy atom. The summed E-state index contributed by atoms with van der Waals surface area (Å²) in [5, 5.41) is 3.79. The summed E-state index contributed by atoms with van der Waals surface area (Å²) < 4.78 is 4.82. The molecule has 2 heterocycles. The molecule has 5 heteroatoms. The van der Waals surface area contributed by atoms with Gasteiger partial charge in [0, 0.05) is 23.4 Å². The van der Waals surface area contributed by atoms with Gasteiger partial charge < -0.3 is 15.2 Å². The highest BCUT2D eigenvalue weighted by Gasteiger charge is 2.10. The Morgan fingerprint density at radius 2 is 2.29 bits per heavy atom. The number of aromatic amines is 1. The van der Waals surface area contributed by atoms with Gasteiger partial charge in [-0.25, -0.2) is 0 Å². The van der Waals surface area contributed by atoms with Crippen LogP contribution in [0.15, 0.2) is 27.6 Å². The molecule has 0 saturated heterocycles. The van der Waals surface area contributed by atoms with Gasteiger partial charge in [0.25, 0.3) is 0 Å². The van der Waals surface area contributed by atoms with Crippen LogP contribution in [0.1, 0.15) is 5.56 Å². The second kappa shape index (κ2) is 3.02. The lowest BCUT2D eigenvalue weighted by Crippen LogP contribution is -2.01. The average molecular weight is 191 g/mol. The van der Waals surface area contributed by atoms with Gasteiger partial charge in [-0.3, -0.25) is 4.79 Å². The third kappa shape index (κ3) is 1.28. The third-order valence-corrected chi connectivity index (χ3v) is 2.02. The highest BCUT2D eigenvalue weighted by molar-refractivity contribution is 5.65. The first-order valence-electron chi connectivity index (χ1n) is 4.09. The van der Waals surface area contributed by atoms with Crippen molar-refractivity contribution in [2.75, 3.05) is 5.73 Å². The molecule has 72 valence electrons. The lowest BCUT2D eigenvalue weighted by Gasteiger charge is -1.94. The van der Waals surface area contributed by atoms with Crippen molar-refractivity contribution in [1.29, 1.82) is 0 Å². The summed E-state index contributed by atoms with van der Waals surface area (Å²) >= 11 is 0. The number of aromatic nitrogens is 2. The number of H-pyrrole nitrogens is 1. The lowest BCUT2D eigenvalue weighted by molar-refractivity contribution is 0.439. The van der Waals surface area contributed by atoms with Gasteiger partial charge in [-0.1, -0.05) is 5.16 Å². The molecule has 0 saturated carbocycles. The molecule has 0 radical (unpaired) electrons. The van der Waals surface area contributed by atoms with Gasteiger partial charge in [-0.2, -0.15) is 0 Å². The summed E-state index contributed by atoms with van der Waals surface area (Å²) in [4.78, 5) is 13.4. The topological polar surface area (TPSA) is 84.9 Å². The molecule has 14 heavy (non-hydrogen) atoms. The Labute approximate surface area is 79.5 Å². The van der Waals surface area contributed by atoms with Crippen LogP contribution < -0.4 is 11.3 Å². The lowest BCUT2D eigenvalue weighted by atomic mass is 10.1. The van der Waals surface area contributed by atoms with Crippen LogP contribution in [0.4, 0.5) is 5.88 Å². The Morgan fingerprint density at radius 1 is 1.50 bits per heavy atom. The molecule has 0 atom stereocenters. The van der Waals surface area contributed by atoms with E-state index in [2.05, 4.69) is 10.1 Å². The molecule has 2 aromatic rings. The average Bonchev–Trinajstić information content (AvgIpc) is 2.50. The first kappa shape index (κ1) is 8.55. The summed E-state index contributed by atoms with van der Waals surface area (Å²) in [7, 11) is 0. The van der Waals surface area contributed by atoms with E-state index in [-0.39, 0.29) is 5.56 Å². The molecule has 0 aliphatic rings. The molecule has 0 unspecified atom stereocenters. The standard InChI is InChI=1S/C9H9N3O2/c1-5-8(12-14-9(5)10)6-2-3-7(13)11-4-6/h2-4H,10H2,1H3,(H,11,13). The minimum absolute atomic E-state index is 0.150. The number of rotatable bonds is 1. The zero-order valence-corrected chi connectivity index (χ0v) is 7.57. The second-order valence-corrected chi connectivity index (χ2v) is 2.96. The molecule has 2 rings (SSSR count). The number of nitrogens with zero attached hydrogens (tertiary/aromatic N) is 1. The van der Waals surface area contributed by atoms with E-state index in [0.29, 0.717) is 11.6 Å². The molecule has 3 N–H and O–H groups in total. The molecule has 2 aromatic heterocycles. The Bertz CT molecular complexity index is 493. The molecule has 0 bridgehead atoms. The van der Waals surface area contributed by atoms with Gasteiger partial charge in [-0.15, -0.1) is 0 Å². The molecule has 5 nitrogen and oxygen atoms in total. The van der Waals surface area contributed by atoms with E-state index in [4.69, 9.17) is 10.3 Å². The minimum atomic E-state index is -0.150. The van der Waals surface area contributed by atoms with Crippen LogP contribution in [-0.4, -0.2) is 10.1 Å². The molecule has 0 amide bonds. The van der Waals surface area contributed by atoms with E-state index >= 15 is 0 Å². The van der Waals surface area contributed by atoms with E-state index in [1.54, 1.807) is 12.3 Å². The molecular formula is C9H9N3O2. The van der Waals surface area contributed by atoms with Crippen LogP contribution in [0.25, 0.3) is 11.3 Å². The van der Waals surface area contributed by atoms with Crippen molar-refractivity contribution in [2.24, 2.45) is 0 Å². The Kier molecular flexibility index (Phi) is 1.85. The summed E-state index contributed by atoms with van der Waals surface area (Å²) in [6, 6.07) is 3.10. The number of nitrogens with two attached hydrogens (primary N) is 1. The summed E-state index contributed by atoms with van der Waals surface area (Å²) in [6.07, 6.45) is 1.58. The van der Waals surface area contributed by atoms with Crippen LogP contribution in [0, 0.1) is 6.92 Å². The van der Waals surface area contributed by atoms with Gasteiger partial charge in [0.05, 0.1) is 0 Å². The maximum Gasteiger partial charge on any atom is 0.247 e. The van der Waals surface area contributed by atoms with E-state index in [0.717, 1.165) is 11.1 Å². The molecule has 0 spiro atoms. The molecular weight excluding hydrogens is 182 g/mol. The fourth-order valence-corrected chi connectivity index (χ4v) is 1.18. The Balaban J connectivity index is 2.55. The van der Waals surface area contributed by atoms with Crippen LogP contribution >= 0.6 is 0 Å². The number of hydrogen-bond donors (Lipinski definition) is 2. The summed E-state index contributed by atoms with van der Waals surface area (Å²) in [5.74, 6) is 0.297. The van der Waals surface area contributed by atoms with Crippen molar-refractivity contribution in [3.05, 3.63) is 34.2 Å². The fraction of sp³-hybridized carbons (Fsp3) is 0.111. The quantitative estimate of drug-likeness (QED) is 0.701. The molecule has 0 aliphatic heterocycles. The van der Waals surface area contributed by atoms with Crippen molar-refractivity contribution >= 4 is 5.88 Å². The second-order valence-electron chi connectivity index (χ2n) is 2.96. The third-order valence-electron chi connectivity index (χ3n) is 2.02. The van der Waals surface area contributed by atoms with E-state index in [1.165, 1.54) is 6.07 Å². The fourth-order valence-electron chi connectivity index (χ4n) is 1.18. The number of nitrogens with one attached hydrogen (secondary N) is 1. The van der Waals surface area contributed by atoms with Gasteiger partial charge in [0.1, 0.15) is 5.69 Å². The number of anilines is 1. The van der Waals surface area contributed by atoms with Crippen molar-refractivity contribution in [2.45, 2.75) is 6.92 Å². The zero-order valence-electron chi connectivity index (χ0n) is 7.57. The predicted octanol–water partition coefficient (Wildman–Crippen LogP) is 0.921. The highest BCUT2D eigenvalue weighted by Crippen LogP contribution is 2.24. The van der Waals surface area contributed by atoms with Crippen LogP contribution in [0.5, 0.6) is 0 Å². The monoisotopic (exact) mass is 191 g/mol. The van der Waals surface area contributed by atoms with E-state index in [9.17, 15) is 4.79 Å². The summed E-state index contributed by atoms with van der Waals surface area (Å²) in [6.45, 7) is 1.81.